The van der Waals surface area contributed by atoms with Gasteiger partial charge in [0.25, 0.3) is 0 Å². The zero-order valence-electron chi connectivity index (χ0n) is 11.7. The molecule has 0 aliphatic rings. The van der Waals surface area contributed by atoms with Crippen molar-refractivity contribution in [1.82, 2.24) is 9.97 Å². The largest absolute Gasteiger partial charge is 0.316 e. The molecule has 8 heteroatoms. The molecule has 0 aliphatic carbocycles. The lowest BCUT2D eigenvalue weighted by molar-refractivity contribution is 0.548. The molecule has 1 aromatic heterocycles. The van der Waals surface area contributed by atoms with Gasteiger partial charge in [0.2, 0.25) is 0 Å². The van der Waals surface area contributed by atoms with Gasteiger partial charge >= 0.3 is 11.1 Å². The van der Waals surface area contributed by atoms with Crippen LogP contribution in [0.4, 0.5) is 0 Å². The van der Waals surface area contributed by atoms with Crippen molar-refractivity contribution < 1.29 is 8.42 Å². The number of alkyl halides is 1. The molecule has 114 valence electrons. The lowest BCUT2D eigenvalue weighted by Crippen LogP contribution is -2.35. The summed E-state index contributed by atoms with van der Waals surface area (Å²) in [6, 6.07) is 5.00. The molecular weight excluding hydrogens is 360 g/mol. The lowest BCUT2D eigenvalue weighted by atomic mass is 10.0. The number of aromatic amines is 2. The fourth-order valence-electron chi connectivity index (χ4n) is 1.88. The fourth-order valence-corrected chi connectivity index (χ4v) is 3.69. The summed E-state index contributed by atoms with van der Waals surface area (Å²) in [4.78, 5) is 27.1. The van der Waals surface area contributed by atoms with Crippen LogP contribution in [0.2, 0.25) is 0 Å². The molecular formula is C13H15BrN2O4S. The molecule has 1 heterocycles. The highest BCUT2D eigenvalue weighted by atomic mass is 79.9. The van der Waals surface area contributed by atoms with E-state index in [9.17, 15) is 18.0 Å². The number of H-pyrrole nitrogens is 2. The van der Waals surface area contributed by atoms with Crippen LogP contribution >= 0.6 is 15.9 Å². The second-order valence-electron chi connectivity index (χ2n) is 5.45. The van der Waals surface area contributed by atoms with Crippen molar-refractivity contribution in [3.05, 3.63) is 44.5 Å². The van der Waals surface area contributed by atoms with Gasteiger partial charge in [0, 0.05) is 6.26 Å². The van der Waals surface area contributed by atoms with Crippen molar-refractivity contribution in [2.45, 2.75) is 23.4 Å². The number of hydrogen-bond acceptors (Lipinski definition) is 4. The molecule has 21 heavy (non-hydrogen) atoms. The molecule has 0 amide bonds. The molecule has 0 radical (unpaired) electrons. The van der Waals surface area contributed by atoms with Gasteiger partial charge in [-0.05, 0) is 31.5 Å². The molecule has 2 rings (SSSR count). The minimum absolute atomic E-state index is 0.450. The molecule has 0 saturated carbocycles. The van der Waals surface area contributed by atoms with E-state index in [1.807, 2.05) is 0 Å². The maximum atomic E-state index is 11.9. The SMILES string of the molecule is CC(C)(C(Br)c1ccc2[nH]c(=O)c(=O)[nH]c2c1)S(C)(=O)=O. The highest BCUT2D eigenvalue weighted by molar-refractivity contribution is 9.09. The Hall–Kier alpha value is -1.41. The predicted octanol–water partition coefficient (Wildman–Crippen LogP) is 1.48. The summed E-state index contributed by atoms with van der Waals surface area (Å²) < 4.78 is 22.8. The van der Waals surface area contributed by atoms with Crippen molar-refractivity contribution in [3.8, 4) is 0 Å². The zero-order valence-corrected chi connectivity index (χ0v) is 14.1. The van der Waals surface area contributed by atoms with Crippen molar-refractivity contribution in [2.24, 2.45) is 0 Å². The van der Waals surface area contributed by atoms with E-state index in [1.54, 1.807) is 32.0 Å². The normalized spacial score (nSPS) is 14.3. The molecule has 0 spiro atoms. The minimum Gasteiger partial charge on any atom is -0.316 e. The van der Waals surface area contributed by atoms with E-state index in [2.05, 4.69) is 25.9 Å². The number of rotatable bonds is 3. The van der Waals surface area contributed by atoms with Gasteiger partial charge < -0.3 is 9.97 Å². The Bertz CT molecular complexity index is 912. The first-order valence-corrected chi connectivity index (χ1v) is 8.94. The average Bonchev–Trinajstić information content (AvgIpc) is 2.37. The lowest BCUT2D eigenvalue weighted by Gasteiger charge is -2.28. The van der Waals surface area contributed by atoms with Crippen LogP contribution in [0, 0.1) is 0 Å². The van der Waals surface area contributed by atoms with Gasteiger partial charge in [0.05, 0.1) is 20.6 Å². The van der Waals surface area contributed by atoms with E-state index >= 15 is 0 Å². The summed E-state index contributed by atoms with van der Waals surface area (Å²) in [5.74, 6) is 0. The van der Waals surface area contributed by atoms with Crippen LogP contribution in [-0.2, 0) is 9.84 Å². The fraction of sp³-hybridized carbons (Fsp3) is 0.385. The van der Waals surface area contributed by atoms with Gasteiger partial charge in [-0.25, -0.2) is 8.42 Å². The maximum absolute atomic E-state index is 11.9. The number of fused-ring (bicyclic) bond motifs is 1. The monoisotopic (exact) mass is 374 g/mol. The van der Waals surface area contributed by atoms with Crippen molar-refractivity contribution in [3.63, 3.8) is 0 Å². The molecule has 6 nitrogen and oxygen atoms in total. The molecule has 0 aliphatic heterocycles. The molecule has 1 atom stereocenters. The summed E-state index contributed by atoms with van der Waals surface area (Å²) in [6.07, 6.45) is 1.18. The Balaban J connectivity index is 2.61. The zero-order chi connectivity index (χ0) is 16.0. The van der Waals surface area contributed by atoms with Gasteiger partial charge in [-0.3, -0.25) is 9.59 Å². The average molecular weight is 375 g/mol. The Labute approximate surface area is 129 Å². The van der Waals surface area contributed by atoms with Crippen molar-refractivity contribution >= 4 is 36.8 Å². The van der Waals surface area contributed by atoms with Crippen LogP contribution in [0.1, 0.15) is 24.2 Å². The third-order valence-corrected chi connectivity index (χ3v) is 7.73. The predicted molar refractivity (Wildman–Crippen MR) is 85.8 cm³/mol. The summed E-state index contributed by atoms with van der Waals surface area (Å²) in [5, 5.41) is 0. The van der Waals surface area contributed by atoms with Gasteiger partial charge in [-0.2, -0.15) is 0 Å². The number of hydrogen-bond donors (Lipinski definition) is 2. The number of nitrogens with one attached hydrogen (secondary N) is 2. The number of sulfone groups is 1. The van der Waals surface area contributed by atoms with Gasteiger partial charge in [-0.1, -0.05) is 22.0 Å². The van der Waals surface area contributed by atoms with Crippen molar-refractivity contribution in [1.29, 1.82) is 0 Å². The van der Waals surface area contributed by atoms with E-state index in [4.69, 9.17) is 0 Å². The molecule has 0 saturated heterocycles. The smallest absolute Gasteiger partial charge is 0.314 e. The van der Waals surface area contributed by atoms with E-state index in [1.165, 1.54) is 6.26 Å². The second kappa shape index (κ2) is 5.10. The van der Waals surface area contributed by atoms with Crippen LogP contribution in [0.25, 0.3) is 11.0 Å². The summed E-state index contributed by atoms with van der Waals surface area (Å²) in [6.45, 7) is 3.25. The quantitative estimate of drug-likeness (QED) is 0.627. The summed E-state index contributed by atoms with van der Waals surface area (Å²) in [5.41, 5.74) is 0.168. The van der Waals surface area contributed by atoms with Gasteiger partial charge in [0.15, 0.2) is 9.84 Å². The number of halogens is 1. The van der Waals surface area contributed by atoms with Gasteiger partial charge in [0.1, 0.15) is 0 Å². The Morgan fingerprint density at radius 3 is 2.14 bits per heavy atom. The van der Waals surface area contributed by atoms with Crippen LogP contribution < -0.4 is 11.1 Å². The first-order chi connectivity index (χ1) is 9.54. The Morgan fingerprint density at radius 2 is 1.62 bits per heavy atom. The third kappa shape index (κ3) is 2.82. The third-order valence-electron chi connectivity index (χ3n) is 3.60. The van der Waals surface area contributed by atoms with E-state index < -0.39 is 30.5 Å². The first-order valence-electron chi connectivity index (χ1n) is 6.14. The molecule has 1 aromatic carbocycles. The minimum atomic E-state index is -3.29. The molecule has 1 unspecified atom stereocenters. The van der Waals surface area contributed by atoms with E-state index in [0.717, 1.165) is 0 Å². The maximum Gasteiger partial charge on any atom is 0.314 e. The Morgan fingerprint density at radius 1 is 1.10 bits per heavy atom. The highest BCUT2D eigenvalue weighted by Crippen LogP contribution is 2.39. The molecule has 2 N–H and O–H groups in total. The highest BCUT2D eigenvalue weighted by Gasteiger charge is 2.38. The van der Waals surface area contributed by atoms with Crippen molar-refractivity contribution in [2.75, 3.05) is 6.26 Å². The topological polar surface area (TPSA) is 99.9 Å². The number of benzene rings is 1. The van der Waals surface area contributed by atoms with Crippen LogP contribution in [-0.4, -0.2) is 29.4 Å². The van der Waals surface area contributed by atoms with Crippen LogP contribution in [0.15, 0.2) is 27.8 Å². The molecule has 0 bridgehead atoms. The second-order valence-corrected chi connectivity index (χ2v) is 8.96. The number of aromatic nitrogens is 2. The van der Waals surface area contributed by atoms with Crippen LogP contribution in [0.5, 0.6) is 0 Å². The Kier molecular flexibility index (Phi) is 3.88. The van der Waals surface area contributed by atoms with E-state index in [0.29, 0.717) is 16.6 Å². The van der Waals surface area contributed by atoms with E-state index in [-0.39, 0.29) is 0 Å². The van der Waals surface area contributed by atoms with Gasteiger partial charge in [-0.15, -0.1) is 0 Å². The first kappa shape index (κ1) is 16.0. The summed E-state index contributed by atoms with van der Waals surface area (Å²) in [7, 11) is -3.29. The summed E-state index contributed by atoms with van der Waals surface area (Å²) >= 11 is 3.42. The standard InChI is InChI=1S/C13H15BrN2O4S/c1-13(2,21(3,19)20)10(14)7-4-5-8-9(6-7)16-12(18)11(17)15-8/h4-6,10H,1-3H3,(H,15,17)(H,16,18). The van der Waals surface area contributed by atoms with Crippen LogP contribution in [0.3, 0.4) is 0 Å². The molecule has 2 aromatic rings. The molecule has 0 fully saturated rings.